The van der Waals surface area contributed by atoms with Crippen molar-refractivity contribution >= 4 is 29.9 Å². The van der Waals surface area contributed by atoms with Gasteiger partial charge in [0.05, 0.1) is 6.54 Å². The van der Waals surface area contributed by atoms with Gasteiger partial charge in [0.15, 0.2) is 5.96 Å². The second-order valence-electron chi connectivity index (χ2n) is 4.13. The highest BCUT2D eigenvalue weighted by Gasteiger charge is 2.28. The summed E-state index contributed by atoms with van der Waals surface area (Å²) in [6, 6.07) is 0. The van der Waals surface area contributed by atoms with Crippen LogP contribution < -0.4 is 10.6 Å². The van der Waals surface area contributed by atoms with E-state index in [0.29, 0.717) is 25.7 Å². The maximum atomic E-state index is 12.1. The summed E-state index contributed by atoms with van der Waals surface area (Å²) in [5.41, 5.74) is 0. The largest absolute Gasteiger partial charge is 0.401 e. The highest BCUT2D eigenvalue weighted by atomic mass is 127. The first kappa shape index (κ1) is 22.0. The molecule has 0 rings (SSSR count). The SMILES string of the molecule is CN=C(NCCCOC)NCCN(C)CC(F)(F)F.I. The number of ether oxygens (including phenoxy) is 1. The van der Waals surface area contributed by atoms with Crippen LogP contribution in [0.4, 0.5) is 13.2 Å². The lowest BCUT2D eigenvalue weighted by atomic mass is 10.4. The molecule has 0 saturated heterocycles. The smallest absolute Gasteiger partial charge is 0.385 e. The number of hydrogen-bond acceptors (Lipinski definition) is 3. The van der Waals surface area contributed by atoms with Crippen molar-refractivity contribution in [1.82, 2.24) is 15.5 Å². The van der Waals surface area contributed by atoms with Crippen molar-refractivity contribution in [3.8, 4) is 0 Å². The molecule has 2 N–H and O–H groups in total. The maximum Gasteiger partial charge on any atom is 0.401 e. The van der Waals surface area contributed by atoms with Gasteiger partial charge >= 0.3 is 6.18 Å². The van der Waals surface area contributed by atoms with Crippen molar-refractivity contribution < 1.29 is 17.9 Å². The first-order chi connectivity index (χ1) is 8.89. The summed E-state index contributed by atoms with van der Waals surface area (Å²) < 4.78 is 41.2. The van der Waals surface area contributed by atoms with E-state index in [1.54, 1.807) is 14.2 Å². The first-order valence-electron chi connectivity index (χ1n) is 6.08. The van der Waals surface area contributed by atoms with E-state index < -0.39 is 12.7 Å². The Balaban J connectivity index is 0. The lowest BCUT2D eigenvalue weighted by molar-refractivity contribution is -0.142. The van der Waals surface area contributed by atoms with Gasteiger partial charge in [-0.2, -0.15) is 13.2 Å². The molecule has 0 amide bonds. The molecule has 20 heavy (non-hydrogen) atoms. The predicted molar refractivity (Wildman–Crippen MR) is 84.8 cm³/mol. The van der Waals surface area contributed by atoms with Gasteiger partial charge in [-0.3, -0.25) is 9.89 Å². The topological polar surface area (TPSA) is 48.9 Å². The molecule has 5 nitrogen and oxygen atoms in total. The fourth-order valence-electron chi connectivity index (χ4n) is 1.39. The third-order valence-corrected chi connectivity index (χ3v) is 2.28. The lowest BCUT2D eigenvalue weighted by Crippen LogP contribution is -2.42. The predicted octanol–water partition coefficient (Wildman–Crippen LogP) is 1.30. The molecule has 0 aromatic rings. The van der Waals surface area contributed by atoms with Crippen LogP contribution in [0.1, 0.15) is 6.42 Å². The third kappa shape index (κ3) is 14.1. The van der Waals surface area contributed by atoms with Crippen LogP contribution in [0.2, 0.25) is 0 Å². The zero-order chi connectivity index (χ0) is 14.7. The van der Waals surface area contributed by atoms with Crippen molar-refractivity contribution in [3.63, 3.8) is 0 Å². The van der Waals surface area contributed by atoms with E-state index in [1.807, 2.05) is 0 Å². The standard InChI is InChI=1S/C11H23F3N4O.HI/c1-15-10(16-5-4-8-19-3)17-6-7-18(2)9-11(12,13)14;/h4-9H2,1-3H3,(H2,15,16,17);1H. The van der Waals surface area contributed by atoms with E-state index in [9.17, 15) is 13.2 Å². The molecular formula is C11H24F3IN4O. The molecule has 0 heterocycles. The van der Waals surface area contributed by atoms with E-state index in [4.69, 9.17) is 4.74 Å². The fourth-order valence-corrected chi connectivity index (χ4v) is 1.39. The molecule has 0 aliphatic carbocycles. The molecule has 0 bridgehead atoms. The van der Waals surface area contributed by atoms with Gasteiger partial charge in [-0.15, -0.1) is 24.0 Å². The molecule has 9 heteroatoms. The monoisotopic (exact) mass is 412 g/mol. The van der Waals surface area contributed by atoms with E-state index in [0.717, 1.165) is 6.42 Å². The van der Waals surface area contributed by atoms with Gasteiger partial charge in [0.1, 0.15) is 0 Å². The molecule has 0 radical (unpaired) electrons. The number of guanidine groups is 1. The fraction of sp³-hybridized carbons (Fsp3) is 0.909. The summed E-state index contributed by atoms with van der Waals surface area (Å²) in [5.74, 6) is 0.580. The Labute approximate surface area is 135 Å². The molecule has 0 aromatic heterocycles. The van der Waals surface area contributed by atoms with Crippen molar-refractivity contribution in [2.45, 2.75) is 12.6 Å². The quantitative estimate of drug-likeness (QED) is 0.273. The van der Waals surface area contributed by atoms with Gasteiger partial charge in [0.2, 0.25) is 0 Å². The number of rotatable bonds is 8. The molecular weight excluding hydrogens is 388 g/mol. The minimum atomic E-state index is -4.16. The van der Waals surface area contributed by atoms with Gasteiger partial charge in [-0.1, -0.05) is 0 Å². The van der Waals surface area contributed by atoms with E-state index in [2.05, 4.69) is 15.6 Å². The van der Waals surface area contributed by atoms with Crippen molar-refractivity contribution in [1.29, 1.82) is 0 Å². The summed E-state index contributed by atoms with van der Waals surface area (Å²) >= 11 is 0. The molecule has 0 fully saturated rings. The number of aliphatic imine (C=N–C) groups is 1. The molecule has 0 spiro atoms. The van der Waals surface area contributed by atoms with Gasteiger partial charge in [-0.25, -0.2) is 0 Å². The Hall–Kier alpha value is -0.290. The molecule has 0 aromatic carbocycles. The summed E-state index contributed by atoms with van der Waals surface area (Å²) in [4.78, 5) is 5.18. The van der Waals surface area contributed by atoms with Crippen LogP contribution in [0, 0.1) is 0 Å². The van der Waals surface area contributed by atoms with Gasteiger partial charge in [-0.05, 0) is 13.5 Å². The first-order valence-corrected chi connectivity index (χ1v) is 6.08. The van der Waals surface area contributed by atoms with E-state index >= 15 is 0 Å². The average molecular weight is 412 g/mol. The normalized spacial score (nSPS) is 12.2. The second kappa shape index (κ2) is 12.5. The summed E-state index contributed by atoms with van der Waals surface area (Å²) in [7, 11) is 4.68. The number of likely N-dealkylation sites (N-methyl/N-ethyl adjacent to an activating group) is 1. The van der Waals surface area contributed by atoms with Crippen molar-refractivity contribution in [3.05, 3.63) is 0 Å². The summed E-state index contributed by atoms with van der Waals surface area (Å²) in [6.45, 7) is 1.13. The summed E-state index contributed by atoms with van der Waals surface area (Å²) in [6.07, 6.45) is -3.32. The zero-order valence-corrected chi connectivity index (χ0v) is 14.4. The Morgan fingerprint density at radius 2 is 1.85 bits per heavy atom. The van der Waals surface area contributed by atoms with Crippen LogP contribution >= 0.6 is 24.0 Å². The maximum absolute atomic E-state index is 12.1. The van der Waals surface area contributed by atoms with Crippen LogP contribution in [0.3, 0.4) is 0 Å². The summed E-state index contributed by atoms with van der Waals surface area (Å²) in [5, 5.41) is 6.00. The molecule has 0 saturated carbocycles. The third-order valence-electron chi connectivity index (χ3n) is 2.28. The minimum Gasteiger partial charge on any atom is -0.385 e. The number of alkyl halides is 3. The minimum absolute atomic E-state index is 0. The zero-order valence-electron chi connectivity index (χ0n) is 12.1. The Morgan fingerprint density at radius 1 is 1.25 bits per heavy atom. The Bertz CT molecular complexity index is 265. The van der Waals surface area contributed by atoms with Crippen LogP contribution in [0.15, 0.2) is 4.99 Å². The van der Waals surface area contributed by atoms with Gasteiger partial charge in [0.25, 0.3) is 0 Å². The van der Waals surface area contributed by atoms with E-state index in [1.165, 1.54) is 11.9 Å². The highest BCUT2D eigenvalue weighted by Crippen LogP contribution is 2.14. The van der Waals surface area contributed by atoms with Crippen LogP contribution in [-0.4, -0.2) is 71.0 Å². The molecule has 0 unspecified atom stereocenters. The number of nitrogens with one attached hydrogen (secondary N) is 2. The Morgan fingerprint density at radius 3 is 2.35 bits per heavy atom. The van der Waals surface area contributed by atoms with Crippen molar-refractivity contribution in [2.75, 3.05) is 54.0 Å². The molecule has 0 aliphatic heterocycles. The molecule has 122 valence electrons. The van der Waals surface area contributed by atoms with E-state index in [-0.39, 0.29) is 30.5 Å². The van der Waals surface area contributed by atoms with Crippen LogP contribution in [0.5, 0.6) is 0 Å². The van der Waals surface area contributed by atoms with Crippen molar-refractivity contribution in [2.24, 2.45) is 4.99 Å². The van der Waals surface area contributed by atoms with Crippen LogP contribution in [-0.2, 0) is 4.74 Å². The van der Waals surface area contributed by atoms with Gasteiger partial charge in [0, 0.05) is 40.4 Å². The average Bonchev–Trinajstić information content (AvgIpc) is 2.30. The van der Waals surface area contributed by atoms with Crippen LogP contribution in [0.25, 0.3) is 0 Å². The molecule has 0 aliphatic rings. The second-order valence-corrected chi connectivity index (χ2v) is 4.13. The van der Waals surface area contributed by atoms with Gasteiger partial charge < -0.3 is 15.4 Å². The Kier molecular flexibility index (Phi) is 13.7. The molecule has 0 atom stereocenters. The lowest BCUT2D eigenvalue weighted by Gasteiger charge is -2.19. The number of nitrogens with zero attached hydrogens (tertiary/aromatic N) is 2. The number of hydrogen-bond donors (Lipinski definition) is 2. The number of methoxy groups -OCH3 is 1. The highest BCUT2D eigenvalue weighted by molar-refractivity contribution is 14.0. The number of halogens is 4.